The van der Waals surface area contributed by atoms with E-state index in [0.717, 1.165) is 23.1 Å². The fourth-order valence-corrected chi connectivity index (χ4v) is 1.80. The van der Waals surface area contributed by atoms with Crippen LogP contribution in [0.4, 0.5) is 0 Å². The number of carbonyl (C=O) groups excluding carboxylic acids is 2. The maximum Gasteiger partial charge on any atom is 0.156 e. The van der Waals surface area contributed by atoms with Gasteiger partial charge in [-0.2, -0.15) is 0 Å². The first-order chi connectivity index (χ1) is 9.56. The number of allylic oxidation sites excluding steroid dienone is 1. The smallest absolute Gasteiger partial charge is 0.156 e. The van der Waals surface area contributed by atoms with Gasteiger partial charge in [-0.05, 0) is 24.1 Å². The number of nitrogens with zero attached hydrogens (tertiary/aromatic N) is 1. The molecule has 20 heavy (non-hydrogen) atoms. The number of carbonyl (C=O) groups is 2. The number of rotatable bonds is 8. The molecule has 3 heteroatoms. The summed E-state index contributed by atoms with van der Waals surface area (Å²) in [7, 11) is 1.81. The zero-order valence-electron chi connectivity index (χ0n) is 11.8. The number of benzene rings is 1. The molecule has 3 nitrogen and oxygen atoms in total. The second-order valence-electron chi connectivity index (χ2n) is 4.68. The molecule has 0 aliphatic rings. The lowest BCUT2D eigenvalue weighted by Crippen LogP contribution is -2.26. The van der Waals surface area contributed by atoms with E-state index >= 15 is 0 Å². The van der Waals surface area contributed by atoms with Crippen molar-refractivity contribution in [2.75, 3.05) is 13.6 Å². The van der Waals surface area contributed by atoms with Crippen LogP contribution in [0, 0.1) is 12.3 Å². The van der Waals surface area contributed by atoms with Gasteiger partial charge in [0.2, 0.25) is 0 Å². The lowest BCUT2D eigenvalue weighted by atomic mass is 10.1. The van der Waals surface area contributed by atoms with Crippen LogP contribution in [0.15, 0.2) is 36.5 Å². The van der Waals surface area contributed by atoms with Crippen molar-refractivity contribution in [3.05, 3.63) is 47.7 Å². The van der Waals surface area contributed by atoms with Gasteiger partial charge in [0.25, 0.3) is 0 Å². The van der Waals surface area contributed by atoms with E-state index in [4.69, 9.17) is 6.42 Å². The highest BCUT2D eigenvalue weighted by atomic mass is 16.1. The Morgan fingerprint density at radius 1 is 1.40 bits per heavy atom. The van der Waals surface area contributed by atoms with Gasteiger partial charge < -0.3 is 9.69 Å². The van der Waals surface area contributed by atoms with Crippen molar-refractivity contribution in [1.29, 1.82) is 0 Å². The van der Waals surface area contributed by atoms with Gasteiger partial charge >= 0.3 is 0 Å². The molecule has 1 aromatic rings. The van der Waals surface area contributed by atoms with Crippen LogP contribution in [0.2, 0.25) is 0 Å². The highest BCUT2D eigenvalue weighted by molar-refractivity contribution is 5.83. The molecule has 0 N–H and O–H groups in total. The first-order valence-corrected chi connectivity index (χ1v) is 6.46. The minimum absolute atomic E-state index is 0.105. The molecule has 0 aromatic heterocycles. The highest BCUT2D eigenvalue weighted by Crippen LogP contribution is 2.08. The Kier molecular flexibility index (Phi) is 6.25. The predicted molar refractivity (Wildman–Crippen MR) is 80.2 cm³/mol. The molecule has 0 aliphatic heterocycles. The van der Waals surface area contributed by atoms with Gasteiger partial charge in [0.1, 0.15) is 6.29 Å². The van der Waals surface area contributed by atoms with Crippen LogP contribution in [0.1, 0.15) is 24.0 Å². The summed E-state index contributed by atoms with van der Waals surface area (Å²) in [6.07, 6.45) is 7.53. The summed E-state index contributed by atoms with van der Waals surface area (Å²) < 4.78 is 0. The van der Waals surface area contributed by atoms with E-state index in [1.165, 1.54) is 0 Å². The molecule has 1 aromatic carbocycles. The quantitative estimate of drug-likeness (QED) is 0.536. The van der Waals surface area contributed by atoms with Crippen LogP contribution in [0.5, 0.6) is 0 Å². The third-order valence-corrected chi connectivity index (χ3v) is 3.03. The maximum absolute atomic E-state index is 12.0. The normalized spacial score (nSPS) is 9.60. The first-order valence-electron chi connectivity index (χ1n) is 6.46. The van der Waals surface area contributed by atoms with Gasteiger partial charge in [-0.15, -0.1) is 6.42 Å². The Hall–Kier alpha value is -2.34. The van der Waals surface area contributed by atoms with Crippen molar-refractivity contribution < 1.29 is 9.59 Å². The highest BCUT2D eigenvalue weighted by Gasteiger charge is 2.09. The number of hydrogen-bond acceptors (Lipinski definition) is 3. The zero-order chi connectivity index (χ0) is 15.0. The molecule has 0 fully saturated rings. The average molecular weight is 269 g/mol. The molecule has 0 aliphatic carbocycles. The van der Waals surface area contributed by atoms with Gasteiger partial charge in [-0.1, -0.05) is 24.6 Å². The van der Waals surface area contributed by atoms with Gasteiger partial charge in [0.15, 0.2) is 5.78 Å². The minimum Gasteiger partial charge on any atom is -0.371 e. The third kappa shape index (κ3) is 5.11. The Morgan fingerprint density at radius 2 is 2.05 bits per heavy atom. The van der Waals surface area contributed by atoms with Crippen LogP contribution in [-0.4, -0.2) is 30.6 Å². The zero-order valence-corrected chi connectivity index (χ0v) is 11.8. The third-order valence-electron chi connectivity index (χ3n) is 3.03. The molecular weight excluding hydrogens is 250 g/mol. The lowest BCUT2D eigenvalue weighted by molar-refractivity contribution is -0.118. The Morgan fingerprint density at radius 3 is 2.60 bits per heavy atom. The van der Waals surface area contributed by atoms with Crippen molar-refractivity contribution in [1.82, 2.24) is 4.90 Å². The van der Waals surface area contributed by atoms with Gasteiger partial charge in [-0.3, -0.25) is 4.79 Å². The minimum atomic E-state index is 0.105. The molecule has 0 amide bonds. The Labute approximate surface area is 120 Å². The van der Waals surface area contributed by atoms with Crippen molar-refractivity contribution in [2.24, 2.45) is 0 Å². The molecule has 0 radical (unpaired) electrons. The fourth-order valence-electron chi connectivity index (χ4n) is 1.80. The number of likely N-dealkylation sites (N-methyl/N-ethyl adjacent to an activating group) is 1. The molecule has 1 rings (SSSR count). The van der Waals surface area contributed by atoms with Crippen molar-refractivity contribution in [3.63, 3.8) is 0 Å². The van der Waals surface area contributed by atoms with E-state index in [0.29, 0.717) is 25.8 Å². The average Bonchev–Trinajstić information content (AvgIpc) is 2.45. The van der Waals surface area contributed by atoms with Crippen LogP contribution in [0.25, 0.3) is 0 Å². The maximum atomic E-state index is 12.0. The second kappa shape index (κ2) is 7.96. The van der Waals surface area contributed by atoms with E-state index in [1.54, 1.807) is 4.90 Å². The summed E-state index contributed by atoms with van der Waals surface area (Å²) in [4.78, 5) is 24.1. The summed E-state index contributed by atoms with van der Waals surface area (Å²) >= 11 is 0. The molecule has 0 saturated heterocycles. The summed E-state index contributed by atoms with van der Waals surface area (Å²) in [5, 5.41) is 0. The van der Waals surface area contributed by atoms with Crippen molar-refractivity contribution in [3.8, 4) is 12.3 Å². The van der Waals surface area contributed by atoms with Crippen LogP contribution in [0.3, 0.4) is 0 Å². The molecular formula is C17H19NO2. The summed E-state index contributed by atoms with van der Waals surface area (Å²) in [6, 6.07) is 7.40. The van der Waals surface area contributed by atoms with Gasteiger partial charge in [-0.25, -0.2) is 0 Å². The van der Waals surface area contributed by atoms with E-state index in [2.05, 4.69) is 12.5 Å². The van der Waals surface area contributed by atoms with E-state index in [-0.39, 0.29) is 5.78 Å². The Bertz CT molecular complexity index is 523. The molecule has 0 spiro atoms. The molecule has 0 saturated carbocycles. The number of ketones is 1. The van der Waals surface area contributed by atoms with E-state index in [9.17, 15) is 9.59 Å². The summed E-state index contributed by atoms with van der Waals surface area (Å²) in [6.45, 7) is 4.17. The van der Waals surface area contributed by atoms with Crippen LogP contribution < -0.4 is 0 Å². The van der Waals surface area contributed by atoms with Crippen LogP contribution in [-0.2, 0) is 16.0 Å². The van der Waals surface area contributed by atoms with E-state index < -0.39 is 0 Å². The Balaban J connectivity index is 2.48. The molecule has 0 heterocycles. The van der Waals surface area contributed by atoms with Crippen LogP contribution >= 0.6 is 0 Å². The van der Waals surface area contributed by atoms with Gasteiger partial charge in [0, 0.05) is 31.1 Å². The van der Waals surface area contributed by atoms with Crippen molar-refractivity contribution in [2.45, 2.75) is 19.3 Å². The molecule has 0 unspecified atom stereocenters. The monoisotopic (exact) mass is 269 g/mol. The van der Waals surface area contributed by atoms with E-state index in [1.807, 2.05) is 31.3 Å². The summed E-state index contributed by atoms with van der Waals surface area (Å²) in [5.74, 6) is 2.65. The number of terminal acetylenes is 1. The predicted octanol–water partition coefficient (Wildman–Crippen LogP) is 2.20. The number of aldehydes is 1. The number of hydrogen-bond donors (Lipinski definition) is 0. The standard InChI is InChI=1S/C17H19NO2/c1-4-15-7-9-16(10-8-15)12-17(20)13-18(3)14(2)6-5-11-19/h1,7-11H,2,5-6,12-13H2,3H3. The van der Waals surface area contributed by atoms with Gasteiger partial charge in [0.05, 0.1) is 6.54 Å². The molecule has 104 valence electrons. The SMILES string of the molecule is C#Cc1ccc(CC(=O)CN(C)C(=C)CCC=O)cc1. The summed E-state index contributed by atoms with van der Waals surface area (Å²) in [5.41, 5.74) is 2.55. The largest absolute Gasteiger partial charge is 0.371 e. The fraction of sp³-hybridized carbons (Fsp3) is 0.294. The molecule has 0 atom stereocenters. The lowest BCUT2D eigenvalue weighted by Gasteiger charge is -2.20. The second-order valence-corrected chi connectivity index (χ2v) is 4.68. The van der Waals surface area contributed by atoms with Crippen molar-refractivity contribution >= 4 is 12.1 Å². The molecule has 0 bridgehead atoms. The first kappa shape index (κ1) is 15.7. The topological polar surface area (TPSA) is 37.4 Å². The number of Topliss-reactive ketones (excluding diaryl/α,β-unsaturated/α-hetero) is 1.